The molecule has 1 aromatic heterocycles. The maximum Gasteiger partial charge on any atom is 0.279 e. The van der Waals surface area contributed by atoms with E-state index in [1.165, 1.54) is 4.31 Å². The molecule has 0 unspecified atom stereocenters. The molecule has 0 atom stereocenters. The van der Waals surface area contributed by atoms with Crippen LogP contribution >= 0.6 is 0 Å². The summed E-state index contributed by atoms with van der Waals surface area (Å²) in [5, 5.41) is 3.85. The average molecular weight is 308 g/mol. The predicted molar refractivity (Wildman–Crippen MR) is 76.3 cm³/mol. The van der Waals surface area contributed by atoms with Gasteiger partial charge in [-0.15, -0.1) is 0 Å². The van der Waals surface area contributed by atoms with Gasteiger partial charge in [0, 0.05) is 18.7 Å². The van der Waals surface area contributed by atoms with Gasteiger partial charge in [0.25, 0.3) is 10.2 Å². The van der Waals surface area contributed by atoms with Crippen molar-refractivity contribution in [3.05, 3.63) is 36.2 Å². The maximum absolute atomic E-state index is 12.0. The third-order valence-electron chi connectivity index (χ3n) is 3.31. The molecule has 3 rings (SSSR count). The van der Waals surface area contributed by atoms with Crippen molar-refractivity contribution < 1.29 is 12.9 Å². The highest BCUT2D eigenvalue weighted by molar-refractivity contribution is 7.87. The first-order valence-electron chi connectivity index (χ1n) is 6.78. The molecular weight excluding hydrogens is 292 g/mol. The molecule has 0 bridgehead atoms. The van der Waals surface area contributed by atoms with Crippen LogP contribution in [0.15, 0.2) is 34.9 Å². The van der Waals surface area contributed by atoms with Gasteiger partial charge in [0.05, 0.1) is 6.54 Å². The monoisotopic (exact) mass is 308 g/mol. The van der Waals surface area contributed by atoms with E-state index in [2.05, 4.69) is 14.9 Å². The Morgan fingerprint density at radius 1 is 1.19 bits per heavy atom. The minimum atomic E-state index is -3.46. The summed E-state index contributed by atoms with van der Waals surface area (Å²) < 4.78 is 33.0. The van der Waals surface area contributed by atoms with E-state index in [1.807, 2.05) is 30.3 Å². The number of rotatable bonds is 5. The molecule has 112 valence electrons. The van der Waals surface area contributed by atoms with Gasteiger partial charge in [-0.25, -0.2) is 0 Å². The molecule has 1 aliphatic rings. The smallest absolute Gasteiger partial charge is 0.279 e. The number of hydrogen-bond acceptors (Lipinski definition) is 5. The molecule has 1 aliphatic heterocycles. The molecule has 1 N–H and O–H groups in total. The van der Waals surface area contributed by atoms with Crippen LogP contribution in [0.25, 0.3) is 11.4 Å². The highest BCUT2D eigenvalue weighted by atomic mass is 32.2. The fraction of sp³-hybridized carbons (Fsp3) is 0.385. The Morgan fingerprint density at radius 2 is 1.90 bits per heavy atom. The number of nitrogens with one attached hydrogen (secondary N) is 1. The number of nitrogens with zero attached hydrogens (tertiary/aromatic N) is 3. The minimum Gasteiger partial charge on any atom is -0.338 e. The first-order chi connectivity index (χ1) is 10.1. The van der Waals surface area contributed by atoms with Crippen LogP contribution in [0.2, 0.25) is 0 Å². The van der Waals surface area contributed by atoms with Crippen molar-refractivity contribution in [2.24, 2.45) is 0 Å². The van der Waals surface area contributed by atoms with Gasteiger partial charge < -0.3 is 4.52 Å². The van der Waals surface area contributed by atoms with Crippen molar-refractivity contribution in [3.8, 4) is 11.4 Å². The lowest BCUT2D eigenvalue weighted by Gasteiger charge is -2.14. The molecule has 0 spiro atoms. The van der Waals surface area contributed by atoms with E-state index in [-0.39, 0.29) is 12.4 Å². The third kappa shape index (κ3) is 3.29. The van der Waals surface area contributed by atoms with Gasteiger partial charge in [-0.2, -0.15) is 22.4 Å². The van der Waals surface area contributed by atoms with E-state index in [9.17, 15) is 8.42 Å². The van der Waals surface area contributed by atoms with Crippen LogP contribution in [-0.4, -0.2) is 36.0 Å². The lowest BCUT2D eigenvalue weighted by Crippen LogP contribution is -2.38. The highest BCUT2D eigenvalue weighted by Crippen LogP contribution is 2.15. The van der Waals surface area contributed by atoms with Crippen molar-refractivity contribution in [1.82, 2.24) is 19.2 Å². The quantitative estimate of drug-likeness (QED) is 0.895. The molecule has 0 saturated carbocycles. The van der Waals surface area contributed by atoms with E-state index in [1.54, 1.807) is 0 Å². The van der Waals surface area contributed by atoms with Crippen LogP contribution < -0.4 is 4.72 Å². The SMILES string of the molecule is O=S(=O)(NCc1nc(-c2ccccc2)no1)N1CCCC1. The Bertz CT molecular complexity index is 693. The molecule has 0 amide bonds. The van der Waals surface area contributed by atoms with Crippen molar-refractivity contribution in [3.63, 3.8) is 0 Å². The van der Waals surface area contributed by atoms with Crippen molar-refractivity contribution >= 4 is 10.2 Å². The van der Waals surface area contributed by atoms with Crippen molar-refractivity contribution in [1.29, 1.82) is 0 Å². The van der Waals surface area contributed by atoms with E-state index in [0.29, 0.717) is 18.9 Å². The zero-order valence-corrected chi connectivity index (χ0v) is 12.2. The van der Waals surface area contributed by atoms with E-state index >= 15 is 0 Å². The Morgan fingerprint density at radius 3 is 2.62 bits per heavy atom. The summed E-state index contributed by atoms with van der Waals surface area (Å²) in [6.07, 6.45) is 1.80. The molecule has 8 heteroatoms. The second-order valence-corrected chi connectivity index (χ2v) is 6.57. The molecule has 2 aromatic rings. The lowest BCUT2D eigenvalue weighted by molar-refractivity contribution is 0.373. The normalized spacial score (nSPS) is 16.4. The van der Waals surface area contributed by atoms with Gasteiger partial charge in [0.2, 0.25) is 11.7 Å². The van der Waals surface area contributed by atoms with Gasteiger partial charge in [-0.1, -0.05) is 35.5 Å². The molecule has 1 aromatic carbocycles. The Kier molecular flexibility index (Phi) is 4.00. The molecule has 2 heterocycles. The van der Waals surface area contributed by atoms with Crippen molar-refractivity contribution in [2.75, 3.05) is 13.1 Å². The zero-order chi connectivity index (χ0) is 14.7. The molecule has 7 nitrogen and oxygen atoms in total. The Hall–Kier alpha value is -1.77. The summed E-state index contributed by atoms with van der Waals surface area (Å²) in [6.45, 7) is 1.13. The summed E-state index contributed by atoms with van der Waals surface area (Å²) in [5.74, 6) is 0.697. The Labute approximate surface area is 123 Å². The fourth-order valence-electron chi connectivity index (χ4n) is 2.20. The summed E-state index contributed by atoms with van der Waals surface area (Å²) >= 11 is 0. The van der Waals surface area contributed by atoms with Gasteiger partial charge in [0.15, 0.2) is 0 Å². The van der Waals surface area contributed by atoms with Gasteiger partial charge in [-0.3, -0.25) is 0 Å². The number of hydrogen-bond donors (Lipinski definition) is 1. The molecule has 0 radical (unpaired) electrons. The molecule has 1 saturated heterocycles. The van der Waals surface area contributed by atoms with Crippen LogP contribution in [0.3, 0.4) is 0 Å². The minimum absolute atomic E-state index is 0.00132. The second-order valence-electron chi connectivity index (χ2n) is 4.81. The van der Waals surface area contributed by atoms with Crippen LogP contribution in [0, 0.1) is 0 Å². The average Bonchev–Trinajstić information content (AvgIpc) is 3.18. The molecule has 21 heavy (non-hydrogen) atoms. The fourth-order valence-corrected chi connectivity index (χ4v) is 3.43. The number of aromatic nitrogens is 2. The third-order valence-corrected chi connectivity index (χ3v) is 4.86. The maximum atomic E-state index is 12.0. The van der Waals surface area contributed by atoms with Gasteiger partial charge >= 0.3 is 0 Å². The van der Waals surface area contributed by atoms with E-state index in [0.717, 1.165) is 18.4 Å². The first kappa shape index (κ1) is 14.2. The van der Waals surface area contributed by atoms with E-state index in [4.69, 9.17) is 4.52 Å². The standard InChI is InChI=1S/C13H16N4O3S/c18-21(19,17-8-4-5-9-17)14-10-12-15-13(16-20-12)11-6-2-1-3-7-11/h1-3,6-7,14H,4-5,8-10H2. The summed E-state index contributed by atoms with van der Waals surface area (Å²) in [7, 11) is -3.46. The first-order valence-corrected chi connectivity index (χ1v) is 8.22. The zero-order valence-electron chi connectivity index (χ0n) is 11.4. The van der Waals surface area contributed by atoms with Gasteiger partial charge in [0.1, 0.15) is 0 Å². The van der Waals surface area contributed by atoms with Gasteiger partial charge in [-0.05, 0) is 12.8 Å². The topological polar surface area (TPSA) is 88.3 Å². The molecular formula is C13H16N4O3S. The lowest BCUT2D eigenvalue weighted by atomic mass is 10.2. The largest absolute Gasteiger partial charge is 0.338 e. The van der Waals surface area contributed by atoms with Crippen LogP contribution in [-0.2, 0) is 16.8 Å². The highest BCUT2D eigenvalue weighted by Gasteiger charge is 2.25. The number of benzene rings is 1. The van der Waals surface area contributed by atoms with E-state index < -0.39 is 10.2 Å². The molecule has 1 fully saturated rings. The van der Waals surface area contributed by atoms with Crippen molar-refractivity contribution in [2.45, 2.75) is 19.4 Å². The van der Waals surface area contributed by atoms with Crippen LogP contribution in [0.1, 0.15) is 18.7 Å². The van der Waals surface area contributed by atoms with Crippen LogP contribution in [0.5, 0.6) is 0 Å². The Balaban J connectivity index is 1.65. The molecule has 0 aliphatic carbocycles. The summed E-state index contributed by atoms with van der Waals surface area (Å²) in [5.41, 5.74) is 0.829. The second kappa shape index (κ2) is 5.92. The predicted octanol–water partition coefficient (Wildman–Crippen LogP) is 1.17. The van der Waals surface area contributed by atoms with Crippen LogP contribution in [0.4, 0.5) is 0 Å². The summed E-state index contributed by atoms with van der Waals surface area (Å²) in [4.78, 5) is 4.19. The summed E-state index contributed by atoms with van der Waals surface area (Å²) in [6, 6.07) is 9.38.